The van der Waals surface area contributed by atoms with Crippen LogP contribution in [0, 0.1) is 0 Å². The second kappa shape index (κ2) is 8.77. The molecule has 0 spiro atoms. The van der Waals surface area contributed by atoms with E-state index >= 15 is 0 Å². The summed E-state index contributed by atoms with van der Waals surface area (Å²) in [7, 11) is 4.87. The lowest BCUT2D eigenvalue weighted by molar-refractivity contribution is -0.130. The van der Waals surface area contributed by atoms with Gasteiger partial charge in [-0.1, -0.05) is 12.1 Å². The van der Waals surface area contributed by atoms with E-state index in [9.17, 15) is 14.4 Å². The molecule has 0 saturated heterocycles. The second-order valence-corrected chi connectivity index (χ2v) is 6.84. The van der Waals surface area contributed by atoms with Gasteiger partial charge in [0.25, 0.3) is 11.8 Å². The van der Waals surface area contributed by atoms with Crippen LogP contribution in [0.25, 0.3) is 0 Å². The van der Waals surface area contributed by atoms with Crippen LogP contribution in [0.5, 0.6) is 11.5 Å². The number of carbonyl (C=O) groups excluding carboxylic acids is 3. The molecule has 2 aromatic carbocycles. The van der Waals surface area contributed by atoms with E-state index in [2.05, 4.69) is 0 Å². The molecule has 152 valence electrons. The number of benzene rings is 2. The van der Waals surface area contributed by atoms with Crippen LogP contribution in [0.1, 0.15) is 39.1 Å². The van der Waals surface area contributed by atoms with E-state index in [1.54, 1.807) is 56.5 Å². The van der Waals surface area contributed by atoms with Crippen molar-refractivity contribution in [1.29, 1.82) is 0 Å². The van der Waals surface area contributed by atoms with Crippen molar-refractivity contribution in [2.75, 3.05) is 27.8 Å². The minimum absolute atomic E-state index is 0.0699. The highest BCUT2D eigenvalue weighted by molar-refractivity contribution is 6.21. The van der Waals surface area contributed by atoms with Crippen LogP contribution in [0.15, 0.2) is 42.5 Å². The molecule has 0 aromatic heterocycles. The van der Waals surface area contributed by atoms with Gasteiger partial charge in [0.2, 0.25) is 5.91 Å². The van der Waals surface area contributed by atoms with Gasteiger partial charge in [0.1, 0.15) is 11.5 Å². The average molecular weight is 396 g/mol. The Hall–Kier alpha value is -3.35. The number of hydrogen-bond acceptors (Lipinski definition) is 5. The zero-order valence-corrected chi connectivity index (χ0v) is 16.8. The molecule has 0 N–H and O–H groups in total. The number of nitrogens with zero attached hydrogens (tertiary/aromatic N) is 2. The number of methoxy groups -OCH3 is 2. The number of fused-ring (bicyclic) bond motifs is 1. The van der Waals surface area contributed by atoms with Crippen molar-refractivity contribution in [3.05, 3.63) is 59.2 Å². The predicted molar refractivity (Wildman–Crippen MR) is 107 cm³/mol. The summed E-state index contributed by atoms with van der Waals surface area (Å²) in [6.45, 7) is 0.608. The fourth-order valence-corrected chi connectivity index (χ4v) is 3.35. The standard InChI is InChI=1S/C22H24N2O5/c1-23(14-15-10-11-16(28-2)13-19(15)29-3)20(25)9-6-12-24-21(26)17-7-4-5-8-18(17)22(24)27/h4-5,7-8,10-11,13H,6,9,12,14H2,1-3H3. The molecule has 0 saturated carbocycles. The van der Waals surface area contributed by atoms with Crippen molar-refractivity contribution in [1.82, 2.24) is 9.80 Å². The Kier molecular flexibility index (Phi) is 6.16. The molecule has 0 unspecified atom stereocenters. The number of imide groups is 1. The van der Waals surface area contributed by atoms with Crippen LogP contribution >= 0.6 is 0 Å². The first-order chi connectivity index (χ1) is 14.0. The molecule has 3 amide bonds. The molecule has 0 bridgehead atoms. The predicted octanol–water partition coefficient (Wildman–Crippen LogP) is 2.74. The number of ether oxygens (including phenoxy) is 2. The molecule has 0 fully saturated rings. The fraction of sp³-hybridized carbons (Fsp3) is 0.318. The van der Waals surface area contributed by atoms with Crippen molar-refractivity contribution in [2.24, 2.45) is 0 Å². The second-order valence-electron chi connectivity index (χ2n) is 6.84. The minimum atomic E-state index is -0.297. The number of carbonyl (C=O) groups is 3. The Morgan fingerprint density at radius 3 is 2.24 bits per heavy atom. The summed E-state index contributed by atoms with van der Waals surface area (Å²) in [6, 6.07) is 12.2. The van der Waals surface area contributed by atoms with Crippen LogP contribution in [0.2, 0.25) is 0 Å². The topological polar surface area (TPSA) is 76.2 Å². The smallest absolute Gasteiger partial charge is 0.261 e. The van der Waals surface area contributed by atoms with E-state index in [-0.39, 0.29) is 30.7 Å². The maximum Gasteiger partial charge on any atom is 0.261 e. The molecule has 1 aliphatic heterocycles. The van der Waals surface area contributed by atoms with E-state index < -0.39 is 0 Å². The first kappa shape index (κ1) is 20.4. The van der Waals surface area contributed by atoms with Crippen LogP contribution in [-0.4, -0.2) is 55.3 Å². The van der Waals surface area contributed by atoms with Crippen molar-refractivity contribution < 1.29 is 23.9 Å². The van der Waals surface area contributed by atoms with Crippen molar-refractivity contribution >= 4 is 17.7 Å². The summed E-state index contributed by atoms with van der Waals surface area (Å²) < 4.78 is 10.6. The maximum atomic E-state index is 12.5. The number of amides is 3. The minimum Gasteiger partial charge on any atom is -0.497 e. The molecule has 0 radical (unpaired) electrons. The van der Waals surface area contributed by atoms with Gasteiger partial charge in [-0.15, -0.1) is 0 Å². The highest BCUT2D eigenvalue weighted by atomic mass is 16.5. The number of rotatable bonds is 8. The molecular formula is C22H24N2O5. The molecule has 3 rings (SSSR count). The van der Waals surface area contributed by atoms with E-state index in [1.165, 1.54) is 4.90 Å². The quantitative estimate of drug-likeness (QED) is 0.642. The molecule has 2 aromatic rings. The van der Waals surface area contributed by atoms with Gasteiger partial charge in [-0.25, -0.2) is 0 Å². The van der Waals surface area contributed by atoms with E-state index in [0.29, 0.717) is 35.6 Å². The zero-order valence-electron chi connectivity index (χ0n) is 16.8. The van der Waals surface area contributed by atoms with E-state index in [1.807, 2.05) is 12.1 Å². The van der Waals surface area contributed by atoms with Gasteiger partial charge < -0.3 is 14.4 Å². The zero-order chi connectivity index (χ0) is 21.0. The molecule has 0 aliphatic carbocycles. The molecule has 0 atom stereocenters. The summed E-state index contributed by atoms with van der Waals surface area (Å²) in [5.41, 5.74) is 1.71. The highest BCUT2D eigenvalue weighted by Gasteiger charge is 2.34. The normalized spacial score (nSPS) is 12.7. The van der Waals surface area contributed by atoms with Crippen LogP contribution < -0.4 is 9.47 Å². The summed E-state index contributed by atoms with van der Waals surface area (Å²) in [6.07, 6.45) is 0.650. The largest absolute Gasteiger partial charge is 0.497 e. The van der Waals surface area contributed by atoms with Crippen LogP contribution in [0.3, 0.4) is 0 Å². The third-order valence-electron chi connectivity index (χ3n) is 4.98. The van der Waals surface area contributed by atoms with Crippen LogP contribution in [0.4, 0.5) is 0 Å². The molecular weight excluding hydrogens is 372 g/mol. The van der Waals surface area contributed by atoms with Gasteiger partial charge in [-0.05, 0) is 30.7 Å². The first-order valence-electron chi connectivity index (χ1n) is 9.36. The monoisotopic (exact) mass is 396 g/mol. The summed E-state index contributed by atoms with van der Waals surface area (Å²) in [5.74, 6) is 0.666. The van der Waals surface area contributed by atoms with Gasteiger partial charge in [-0.3, -0.25) is 19.3 Å². The lowest BCUT2D eigenvalue weighted by atomic mass is 10.1. The lowest BCUT2D eigenvalue weighted by Crippen LogP contribution is -2.32. The third-order valence-corrected chi connectivity index (χ3v) is 4.98. The van der Waals surface area contributed by atoms with Crippen LogP contribution in [-0.2, 0) is 11.3 Å². The third kappa shape index (κ3) is 4.23. The Bertz CT molecular complexity index is 906. The molecule has 1 aliphatic rings. The molecule has 29 heavy (non-hydrogen) atoms. The van der Waals surface area contributed by atoms with Gasteiger partial charge >= 0.3 is 0 Å². The van der Waals surface area contributed by atoms with Crippen molar-refractivity contribution in [2.45, 2.75) is 19.4 Å². The average Bonchev–Trinajstić information content (AvgIpc) is 2.98. The van der Waals surface area contributed by atoms with E-state index in [0.717, 1.165) is 5.56 Å². The summed E-state index contributed by atoms with van der Waals surface area (Å²) in [5, 5.41) is 0. The molecule has 7 nitrogen and oxygen atoms in total. The Morgan fingerprint density at radius 2 is 1.66 bits per heavy atom. The van der Waals surface area contributed by atoms with Crippen molar-refractivity contribution in [3.63, 3.8) is 0 Å². The number of hydrogen-bond donors (Lipinski definition) is 0. The van der Waals surface area contributed by atoms with Gasteiger partial charge in [0, 0.05) is 38.2 Å². The highest BCUT2D eigenvalue weighted by Crippen LogP contribution is 2.26. The SMILES string of the molecule is COc1ccc(CN(C)C(=O)CCCN2C(=O)c3ccccc3C2=O)c(OC)c1. The first-order valence-corrected chi connectivity index (χ1v) is 9.36. The fourth-order valence-electron chi connectivity index (χ4n) is 3.35. The van der Waals surface area contributed by atoms with E-state index in [4.69, 9.17) is 9.47 Å². The maximum absolute atomic E-state index is 12.5. The van der Waals surface area contributed by atoms with Crippen molar-refractivity contribution in [3.8, 4) is 11.5 Å². The molecule has 1 heterocycles. The lowest BCUT2D eigenvalue weighted by Gasteiger charge is -2.20. The van der Waals surface area contributed by atoms with Gasteiger partial charge in [0.15, 0.2) is 0 Å². The van der Waals surface area contributed by atoms with Gasteiger partial charge in [-0.2, -0.15) is 0 Å². The molecule has 7 heteroatoms. The Morgan fingerprint density at radius 1 is 1.00 bits per heavy atom. The Labute approximate surface area is 169 Å². The summed E-state index contributed by atoms with van der Waals surface area (Å²) in [4.78, 5) is 40.0. The summed E-state index contributed by atoms with van der Waals surface area (Å²) >= 11 is 0. The Balaban J connectivity index is 1.54. The van der Waals surface area contributed by atoms with Gasteiger partial charge in [0.05, 0.1) is 25.3 Å².